The van der Waals surface area contributed by atoms with E-state index in [-0.39, 0.29) is 5.91 Å². The average Bonchev–Trinajstić information content (AvgIpc) is 3.20. The fraction of sp³-hybridized carbons (Fsp3) is 0.389. The lowest BCUT2D eigenvalue weighted by molar-refractivity contribution is 0.0972. The lowest BCUT2D eigenvalue weighted by atomic mass is 10.3. The van der Waals surface area contributed by atoms with Crippen LogP contribution in [0.25, 0.3) is 10.2 Å². The maximum absolute atomic E-state index is 13.1. The van der Waals surface area contributed by atoms with Gasteiger partial charge in [-0.2, -0.15) is 0 Å². The number of anilines is 1. The molecular weight excluding hydrogens is 350 g/mol. The van der Waals surface area contributed by atoms with Gasteiger partial charge in [-0.05, 0) is 39.2 Å². The summed E-state index contributed by atoms with van der Waals surface area (Å²) in [5.41, 5.74) is 0.857. The van der Waals surface area contributed by atoms with Crippen molar-refractivity contribution in [2.75, 3.05) is 38.7 Å². The molecule has 8 heteroatoms. The fourth-order valence-corrected chi connectivity index (χ4v) is 3.56. The molecule has 26 heavy (non-hydrogen) atoms. The Morgan fingerprint density at radius 1 is 1.31 bits per heavy atom. The molecule has 0 bridgehead atoms. The van der Waals surface area contributed by atoms with Crippen LogP contribution in [0.15, 0.2) is 30.6 Å². The van der Waals surface area contributed by atoms with Gasteiger partial charge in [-0.15, -0.1) is 0 Å². The molecule has 0 aliphatic carbocycles. The van der Waals surface area contributed by atoms with Crippen molar-refractivity contribution < 1.29 is 9.53 Å². The van der Waals surface area contributed by atoms with Crippen molar-refractivity contribution in [3.05, 3.63) is 36.4 Å². The number of fused-ring (bicyclic) bond motifs is 1. The van der Waals surface area contributed by atoms with E-state index in [4.69, 9.17) is 4.74 Å². The summed E-state index contributed by atoms with van der Waals surface area (Å²) in [7, 11) is 5.78. The number of aryl methyl sites for hydroxylation is 1. The number of aromatic nitrogens is 3. The molecule has 0 aliphatic heterocycles. The van der Waals surface area contributed by atoms with Crippen molar-refractivity contribution >= 4 is 32.6 Å². The van der Waals surface area contributed by atoms with Gasteiger partial charge in [-0.1, -0.05) is 11.3 Å². The van der Waals surface area contributed by atoms with Crippen LogP contribution in [0.1, 0.15) is 17.5 Å². The molecule has 0 saturated carbocycles. The van der Waals surface area contributed by atoms with E-state index in [0.29, 0.717) is 24.1 Å². The maximum Gasteiger partial charge on any atom is 0.296 e. The molecule has 0 fully saturated rings. The van der Waals surface area contributed by atoms with Crippen LogP contribution in [0.2, 0.25) is 0 Å². The fourth-order valence-electron chi connectivity index (χ4n) is 2.54. The van der Waals surface area contributed by atoms with Crippen LogP contribution in [0.3, 0.4) is 0 Å². The van der Waals surface area contributed by atoms with Gasteiger partial charge >= 0.3 is 0 Å². The van der Waals surface area contributed by atoms with Crippen LogP contribution in [0, 0.1) is 0 Å². The van der Waals surface area contributed by atoms with Gasteiger partial charge in [-0.25, -0.2) is 9.97 Å². The predicted octanol–water partition coefficient (Wildman–Crippen LogP) is 2.64. The quantitative estimate of drug-likeness (QED) is 0.637. The lowest BCUT2D eigenvalue weighted by Crippen LogP contribution is -2.38. The highest BCUT2D eigenvalue weighted by Crippen LogP contribution is 2.32. The number of ether oxygens (including phenoxy) is 1. The zero-order chi connectivity index (χ0) is 18.7. The number of carbonyl (C=O) groups is 1. The van der Waals surface area contributed by atoms with Gasteiger partial charge in [0.1, 0.15) is 5.75 Å². The highest BCUT2D eigenvalue weighted by Gasteiger charge is 2.24. The molecule has 0 spiro atoms. The first kappa shape index (κ1) is 18.3. The second kappa shape index (κ2) is 7.84. The first-order chi connectivity index (χ1) is 12.5. The van der Waals surface area contributed by atoms with Gasteiger partial charge < -0.3 is 14.2 Å². The van der Waals surface area contributed by atoms with Crippen LogP contribution in [0.5, 0.6) is 5.75 Å². The van der Waals surface area contributed by atoms with Crippen molar-refractivity contribution in [1.82, 2.24) is 19.4 Å². The van der Waals surface area contributed by atoms with Gasteiger partial charge in [0.2, 0.25) is 0 Å². The molecule has 2 aromatic heterocycles. The Hall–Kier alpha value is -2.45. The van der Waals surface area contributed by atoms with E-state index in [1.54, 1.807) is 21.9 Å². The Morgan fingerprint density at radius 2 is 2.12 bits per heavy atom. The number of thiazole rings is 1. The Labute approximate surface area is 156 Å². The predicted molar refractivity (Wildman–Crippen MR) is 104 cm³/mol. The molecule has 0 atom stereocenters. The molecule has 138 valence electrons. The third-order valence-electron chi connectivity index (χ3n) is 3.92. The topological polar surface area (TPSA) is 63.5 Å². The highest BCUT2D eigenvalue weighted by atomic mass is 32.1. The van der Waals surface area contributed by atoms with E-state index in [1.165, 1.54) is 11.3 Å². The number of hydrogen-bond donors (Lipinski definition) is 0. The summed E-state index contributed by atoms with van der Waals surface area (Å²) in [6, 6.07) is 5.80. The Balaban J connectivity index is 1.96. The number of rotatable bonds is 7. The van der Waals surface area contributed by atoms with Crippen LogP contribution < -0.4 is 9.64 Å². The minimum Gasteiger partial charge on any atom is -0.494 e. The number of imidazole rings is 1. The monoisotopic (exact) mass is 373 g/mol. The Bertz CT molecular complexity index is 902. The Kier molecular flexibility index (Phi) is 5.53. The standard InChI is InChI=1S/C18H23N5O2S/c1-5-25-13-6-7-14-15(12-13)26-18(20-14)23(11-10-21(2)3)17(24)16-19-8-9-22(16)4/h6-9,12H,5,10-11H2,1-4H3. The van der Waals surface area contributed by atoms with Crippen LogP contribution >= 0.6 is 11.3 Å². The molecule has 2 heterocycles. The number of nitrogens with zero attached hydrogens (tertiary/aromatic N) is 5. The van der Waals surface area contributed by atoms with Gasteiger partial charge in [0.25, 0.3) is 5.91 Å². The number of likely N-dealkylation sites (N-methyl/N-ethyl adjacent to an activating group) is 1. The minimum absolute atomic E-state index is 0.150. The van der Waals surface area contributed by atoms with Crippen molar-refractivity contribution in [2.24, 2.45) is 7.05 Å². The second-order valence-electron chi connectivity index (χ2n) is 6.18. The molecule has 3 rings (SSSR count). The summed E-state index contributed by atoms with van der Waals surface area (Å²) >= 11 is 1.49. The third-order valence-corrected chi connectivity index (χ3v) is 4.96. The molecule has 0 radical (unpaired) electrons. The summed E-state index contributed by atoms with van der Waals surface area (Å²) < 4.78 is 8.28. The zero-order valence-corrected chi connectivity index (χ0v) is 16.3. The molecule has 1 amide bonds. The van der Waals surface area contributed by atoms with Crippen LogP contribution in [-0.2, 0) is 7.05 Å². The number of carbonyl (C=O) groups excluding carboxylic acids is 1. The van der Waals surface area contributed by atoms with E-state index in [9.17, 15) is 4.79 Å². The summed E-state index contributed by atoms with van der Waals surface area (Å²) in [6.45, 7) is 3.84. The Morgan fingerprint density at radius 3 is 2.77 bits per heavy atom. The number of benzene rings is 1. The van der Waals surface area contributed by atoms with Gasteiger partial charge in [0, 0.05) is 32.5 Å². The third kappa shape index (κ3) is 3.86. The van der Waals surface area contributed by atoms with E-state index in [2.05, 4.69) is 9.97 Å². The van der Waals surface area contributed by atoms with E-state index in [0.717, 1.165) is 22.5 Å². The molecule has 0 saturated heterocycles. The van der Waals surface area contributed by atoms with Crippen LogP contribution in [-0.4, -0.2) is 59.1 Å². The molecule has 0 unspecified atom stereocenters. The van der Waals surface area contributed by atoms with Gasteiger partial charge in [0.05, 0.1) is 16.8 Å². The van der Waals surface area contributed by atoms with E-state index >= 15 is 0 Å². The first-order valence-corrected chi connectivity index (χ1v) is 9.28. The lowest BCUT2D eigenvalue weighted by Gasteiger charge is -2.21. The van der Waals surface area contributed by atoms with E-state index in [1.807, 2.05) is 51.2 Å². The highest BCUT2D eigenvalue weighted by molar-refractivity contribution is 7.22. The summed E-state index contributed by atoms with van der Waals surface area (Å²) in [4.78, 5) is 25.7. The molecule has 1 aromatic carbocycles. The SMILES string of the molecule is CCOc1ccc2nc(N(CCN(C)C)C(=O)c3nccn3C)sc2c1. The molecule has 7 nitrogen and oxygen atoms in total. The molecule has 0 N–H and O–H groups in total. The van der Waals surface area contributed by atoms with Crippen molar-refractivity contribution in [1.29, 1.82) is 0 Å². The van der Waals surface area contributed by atoms with Crippen LogP contribution in [0.4, 0.5) is 5.13 Å². The largest absolute Gasteiger partial charge is 0.494 e. The first-order valence-electron chi connectivity index (χ1n) is 8.47. The van der Waals surface area contributed by atoms with E-state index < -0.39 is 0 Å². The zero-order valence-electron chi connectivity index (χ0n) is 15.5. The maximum atomic E-state index is 13.1. The minimum atomic E-state index is -0.150. The van der Waals surface area contributed by atoms with Crippen molar-refractivity contribution in [2.45, 2.75) is 6.92 Å². The van der Waals surface area contributed by atoms with Crippen molar-refractivity contribution in [3.63, 3.8) is 0 Å². The van der Waals surface area contributed by atoms with Gasteiger partial charge in [-0.3, -0.25) is 9.69 Å². The smallest absolute Gasteiger partial charge is 0.296 e. The second-order valence-corrected chi connectivity index (χ2v) is 7.19. The van der Waals surface area contributed by atoms with Crippen molar-refractivity contribution in [3.8, 4) is 5.75 Å². The number of hydrogen-bond acceptors (Lipinski definition) is 6. The molecular formula is C18H23N5O2S. The number of amides is 1. The summed E-state index contributed by atoms with van der Waals surface area (Å²) in [5, 5.41) is 0.670. The molecule has 3 aromatic rings. The van der Waals surface area contributed by atoms with Gasteiger partial charge in [0.15, 0.2) is 11.0 Å². The molecule has 0 aliphatic rings. The summed E-state index contributed by atoms with van der Waals surface area (Å²) in [5.74, 6) is 1.06. The summed E-state index contributed by atoms with van der Waals surface area (Å²) in [6.07, 6.45) is 3.40. The normalized spacial score (nSPS) is 11.3. The average molecular weight is 373 g/mol.